The number of aromatic amines is 1. The summed E-state index contributed by atoms with van der Waals surface area (Å²) >= 11 is 0. The van der Waals surface area contributed by atoms with Crippen LogP contribution in [0.15, 0.2) is 48.5 Å². The van der Waals surface area contributed by atoms with Crippen LogP contribution in [0.5, 0.6) is 0 Å². The Morgan fingerprint density at radius 1 is 1.04 bits per heavy atom. The number of rotatable bonds is 3. The molecule has 3 rings (SSSR count). The molecule has 0 aliphatic heterocycles. The quantitative estimate of drug-likeness (QED) is 0.664. The molecule has 1 amide bonds. The molecule has 3 aromatic rings. The van der Waals surface area contributed by atoms with Gasteiger partial charge in [-0.15, -0.1) is 0 Å². The molecule has 0 saturated carbocycles. The molecular weight excluding hydrogens is 357 g/mol. The number of H-pyrrole nitrogens is 1. The number of hydrogen-bond donors (Lipinski definition) is 2. The third kappa shape index (κ3) is 3.41. The molecule has 0 atom stereocenters. The lowest BCUT2D eigenvalue weighted by Gasteiger charge is -2.10. The number of benzene rings is 2. The summed E-state index contributed by atoms with van der Waals surface area (Å²) in [6.07, 6.45) is -4.76. The Kier molecular flexibility index (Phi) is 4.45. The fourth-order valence-electron chi connectivity index (χ4n) is 2.37. The summed E-state index contributed by atoms with van der Waals surface area (Å²) < 4.78 is 66.6. The van der Waals surface area contributed by atoms with Gasteiger partial charge in [0, 0.05) is 0 Å². The van der Waals surface area contributed by atoms with Crippen LogP contribution >= 0.6 is 0 Å². The van der Waals surface area contributed by atoms with E-state index in [1.165, 1.54) is 24.3 Å². The molecule has 0 spiro atoms. The fourth-order valence-corrected chi connectivity index (χ4v) is 2.37. The van der Waals surface area contributed by atoms with Gasteiger partial charge in [-0.1, -0.05) is 30.3 Å². The van der Waals surface area contributed by atoms with Crippen LogP contribution in [-0.2, 0) is 6.18 Å². The Morgan fingerprint density at radius 3 is 2.38 bits per heavy atom. The van der Waals surface area contributed by atoms with Gasteiger partial charge in [-0.2, -0.15) is 18.3 Å². The first-order valence-corrected chi connectivity index (χ1v) is 7.24. The molecule has 0 fully saturated rings. The normalized spacial score (nSPS) is 11.4. The van der Waals surface area contributed by atoms with Gasteiger partial charge in [0.1, 0.15) is 17.3 Å². The molecule has 0 unspecified atom stereocenters. The lowest BCUT2D eigenvalue weighted by atomic mass is 10.0. The number of nitrogens with zero attached hydrogens (tertiary/aromatic N) is 1. The molecular formula is C17H10F5N3O. The van der Waals surface area contributed by atoms with Crippen LogP contribution < -0.4 is 5.32 Å². The van der Waals surface area contributed by atoms with Crippen molar-refractivity contribution in [2.75, 3.05) is 5.32 Å². The van der Waals surface area contributed by atoms with E-state index in [9.17, 15) is 26.7 Å². The minimum atomic E-state index is -4.76. The van der Waals surface area contributed by atoms with E-state index in [1.54, 1.807) is 6.07 Å². The third-order valence-corrected chi connectivity index (χ3v) is 3.52. The molecule has 1 heterocycles. The van der Waals surface area contributed by atoms with Gasteiger partial charge in [0.05, 0.1) is 11.1 Å². The fraction of sp³-hybridized carbons (Fsp3) is 0.0588. The van der Waals surface area contributed by atoms with E-state index >= 15 is 0 Å². The highest BCUT2D eigenvalue weighted by Gasteiger charge is 2.38. The van der Waals surface area contributed by atoms with E-state index in [0.717, 1.165) is 12.1 Å². The van der Waals surface area contributed by atoms with Gasteiger partial charge < -0.3 is 5.32 Å². The molecule has 1 aromatic heterocycles. The Hall–Kier alpha value is -3.23. The van der Waals surface area contributed by atoms with Crippen molar-refractivity contribution < 1.29 is 26.7 Å². The topological polar surface area (TPSA) is 57.8 Å². The number of carbonyl (C=O) groups is 1. The number of carbonyl (C=O) groups excluding carboxylic acids is 1. The number of alkyl halides is 3. The highest BCUT2D eigenvalue weighted by Crippen LogP contribution is 2.39. The van der Waals surface area contributed by atoms with Crippen LogP contribution in [-0.4, -0.2) is 16.1 Å². The number of halogens is 5. The first kappa shape index (κ1) is 17.6. The SMILES string of the molecule is O=C(Nc1n[nH]c(C(F)(F)F)c1-c1ccccc1)c1cc(F)ccc1F. The first-order valence-electron chi connectivity index (χ1n) is 7.24. The van der Waals surface area contributed by atoms with E-state index < -0.39 is 46.4 Å². The van der Waals surface area contributed by atoms with Gasteiger partial charge in [0.25, 0.3) is 5.91 Å². The van der Waals surface area contributed by atoms with E-state index in [0.29, 0.717) is 6.07 Å². The molecule has 26 heavy (non-hydrogen) atoms. The summed E-state index contributed by atoms with van der Waals surface area (Å²) in [5.74, 6) is -3.45. The predicted octanol–water partition coefficient (Wildman–Crippen LogP) is 4.63. The first-order chi connectivity index (χ1) is 12.3. The van der Waals surface area contributed by atoms with Gasteiger partial charge in [0.2, 0.25) is 0 Å². The van der Waals surface area contributed by atoms with Crippen molar-refractivity contribution in [1.82, 2.24) is 10.2 Å². The minimum absolute atomic E-state index is 0.142. The molecule has 0 bridgehead atoms. The number of anilines is 1. The van der Waals surface area contributed by atoms with Crippen molar-refractivity contribution in [2.45, 2.75) is 6.18 Å². The minimum Gasteiger partial charge on any atom is -0.304 e. The molecule has 2 N–H and O–H groups in total. The standard InChI is InChI=1S/C17H10F5N3O/c18-10-6-7-12(19)11(8-10)16(26)23-15-13(9-4-2-1-3-5-9)14(24-25-15)17(20,21)22/h1-8H,(H2,23,24,25,26). The van der Waals surface area contributed by atoms with Crippen LogP contribution in [0.2, 0.25) is 0 Å². The molecule has 0 saturated heterocycles. The number of amides is 1. The average Bonchev–Trinajstić information content (AvgIpc) is 3.01. The molecule has 9 heteroatoms. The Balaban J connectivity index is 2.05. The summed E-state index contributed by atoms with van der Waals surface area (Å²) in [7, 11) is 0. The Labute approximate surface area is 143 Å². The van der Waals surface area contributed by atoms with Gasteiger partial charge in [-0.25, -0.2) is 8.78 Å². The van der Waals surface area contributed by atoms with Crippen LogP contribution in [0.1, 0.15) is 16.1 Å². The van der Waals surface area contributed by atoms with Gasteiger partial charge in [-0.3, -0.25) is 9.89 Å². The van der Waals surface area contributed by atoms with Crippen molar-refractivity contribution in [1.29, 1.82) is 0 Å². The summed E-state index contributed by atoms with van der Waals surface area (Å²) in [4.78, 5) is 12.2. The molecule has 134 valence electrons. The van der Waals surface area contributed by atoms with E-state index in [4.69, 9.17) is 0 Å². The average molecular weight is 367 g/mol. The Bertz CT molecular complexity index is 951. The van der Waals surface area contributed by atoms with Crippen LogP contribution in [0.4, 0.5) is 27.8 Å². The highest BCUT2D eigenvalue weighted by atomic mass is 19.4. The lowest BCUT2D eigenvalue weighted by Crippen LogP contribution is -2.15. The smallest absolute Gasteiger partial charge is 0.304 e. The zero-order chi connectivity index (χ0) is 18.9. The third-order valence-electron chi connectivity index (χ3n) is 3.52. The largest absolute Gasteiger partial charge is 0.433 e. The van der Waals surface area contributed by atoms with Crippen molar-refractivity contribution in [3.05, 3.63) is 71.4 Å². The summed E-state index contributed by atoms with van der Waals surface area (Å²) in [5.41, 5.74) is -2.08. The van der Waals surface area contributed by atoms with Crippen molar-refractivity contribution in [3.63, 3.8) is 0 Å². The molecule has 2 aromatic carbocycles. The van der Waals surface area contributed by atoms with Crippen LogP contribution in [0, 0.1) is 11.6 Å². The summed E-state index contributed by atoms with van der Waals surface area (Å²) in [6, 6.07) is 9.64. The predicted molar refractivity (Wildman–Crippen MR) is 83.3 cm³/mol. The second-order valence-electron chi connectivity index (χ2n) is 5.26. The van der Waals surface area contributed by atoms with Gasteiger partial charge in [-0.05, 0) is 23.8 Å². The maximum atomic E-state index is 13.7. The molecule has 0 radical (unpaired) electrons. The molecule has 0 aliphatic carbocycles. The molecule has 4 nitrogen and oxygen atoms in total. The highest BCUT2D eigenvalue weighted by molar-refractivity contribution is 6.06. The maximum Gasteiger partial charge on any atom is 0.433 e. The van der Waals surface area contributed by atoms with Gasteiger partial charge in [0.15, 0.2) is 5.82 Å². The Morgan fingerprint density at radius 2 is 1.73 bits per heavy atom. The molecule has 0 aliphatic rings. The van der Waals surface area contributed by atoms with Crippen molar-refractivity contribution in [3.8, 4) is 11.1 Å². The maximum absolute atomic E-state index is 13.7. The summed E-state index contributed by atoms with van der Waals surface area (Å²) in [5, 5.41) is 7.42. The summed E-state index contributed by atoms with van der Waals surface area (Å²) in [6.45, 7) is 0. The second kappa shape index (κ2) is 6.58. The lowest BCUT2D eigenvalue weighted by molar-refractivity contribution is -0.140. The van der Waals surface area contributed by atoms with Crippen LogP contribution in [0.3, 0.4) is 0 Å². The number of hydrogen-bond acceptors (Lipinski definition) is 2. The monoisotopic (exact) mass is 367 g/mol. The van der Waals surface area contributed by atoms with E-state index in [2.05, 4.69) is 10.4 Å². The van der Waals surface area contributed by atoms with Crippen LogP contribution in [0.25, 0.3) is 11.1 Å². The van der Waals surface area contributed by atoms with Crippen molar-refractivity contribution in [2.24, 2.45) is 0 Å². The van der Waals surface area contributed by atoms with E-state index in [1.807, 2.05) is 5.10 Å². The zero-order valence-corrected chi connectivity index (χ0v) is 12.9. The second-order valence-corrected chi connectivity index (χ2v) is 5.26. The number of aromatic nitrogens is 2. The zero-order valence-electron chi connectivity index (χ0n) is 12.9. The number of nitrogens with one attached hydrogen (secondary N) is 2. The van der Waals surface area contributed by atoms with E-state index in [-0.39, 0.29) is 5.56 Å². The van der Waals surface area contributed by atoms with Crippen molar-refractivity contribution >= 4 is 11.7 Å². The van der Waals surface area contributed by atoms with Gasteiger partial charge >= 0.3 is 6.18 Å².